The number of rotatable bonds is 3. The maximum atomic E-state index is 12.7. The normalized spacial score (nSPS) is 12.0. The molecule has 0 unspecified atom stereocenters. The van der Waals surface area contributed by atoms with Crippen LogP contribution in [0.2, 0.25) is 0 Å². The lowest BCUT2D eigenvalue weighted by atomic mass is 10.1. The largest absolute Gasteiger partial charge is 0.478 e. The second-order valence-corrected chi connectivity index (χ2v) is 4.93. The first-order valence-corrected chi connectivity index (χ1v) is 6.44. The van der Waals surface area contributed by atoms with Crippen LogP contribution in [0, 0.1) is 0 Å². The summed E-state index contributed by atoms with van der Waals surface area (Å²) in [6.07, 6.45) is -2.35. The van der Waals surface area contributed by atoms with Crippen LogP contribution in [0.25, 0.3) is 17.4 Å². The first-order valence-electron chi connectivity index (χ1n) is 5.65. The number of furan rings is 1. The quantitative estimate of drug-likeness (QED) is 0.797. The Kier molecular flexibility index (Phi) is 4.22. The molecular weight excluding hydrogens is 353 g/mol. The lowest BCUT2D eigenvalue weighted by Crippen LogP contribution is -2.04. The molecule has 0 atom stereocenters. The van der Waals surface area contributed by atoms with Crippen molar-refractivity contribution < 1.29 is 27.5 Å². The third kappa shape index (κ3) is 3.75. The summed E-state index contributed by atoms with van der Waals surface area (Å²) in [5, 5.41) is 8.53. The summed E-state index contributed by atoms with van der Waals surface area (Å²) in [4.78, 5) is 10.4. The highest BCUT2D eigenvalue weighted by atomic mass is 79.9. The highest BCUT2D eigenvalue weighted by Gasteiger charge is 2.30. The molecular formula is C14H8BrF3O3. The predicted molar refractivity (Wildman–Crippen MR) is 73.5 cm³/mol. The molecule has 3 nitrogen and oxygen atoms in total. The molecule has 0 bridgehead atoms. The zero-order valence-electron chi connectivity index (χ0n) is 10.3. The Bertz CT molecular complexity index is 702. The van der Waals surface area contributed by atoms with Crippen molar-refractivity contribution in [1.82, 2.24) is 0 Å². The molecule has 7 heteroatoms. The van der Waals surface area contributed by atoms with Gasteiger partial charge in [0.1, 0.15) is 11.5 Å². The monoisotopic (exact) mass is 360 g/mol. The van der Waals surface area contributed by atoms with Crippen molar-refractivity contribution in [3.8, 4) is 11.3 Å². The summed E-state index contributed by atoms with van der Waals surface area (Å²) in [5.41, 5.74) is -0.544. The number of halogens is 4. The van der Waals surface area contributed by atoms with E-state index in [4.69, 9.17) is 9.52 Å². The molecule has 0 saturated heterocycles. The van der Waals surface area contributed by atoms with E-state index in [1.807, 2.05) is 0 Å². The van der Waals surface area contributed by atoms with Gasteiger partial charge in [0.2, 0.25) is 0 Å². The van der Waals surface area contributed by atoms with Crippen molar-refractivity contribution in [2.45, 2.75) is 6.18 Å². The van der Waals surface area contributed by atoms with E-state index in [0.717, 1.165) is 18.2 Å². The molecule has 0 saturated carbocycles. The molecule has 0 aliphatic rings. The van der Waals surface area contributed by atoms with Crippen molar-refractivity contribution in [1.29, 1.82) is 0 Å². The van der Waals surface area contributed by atoms with Gasteiger partial charge in [-0.1, -0.05) is 12.1 Å². The molecule has 2 rings (SSSR count). The van der Waals surface area contributed by atoms with Gasteiger partial charge in [0.15, 0.2) is 0 Å². The highest BCUT2D eigenvalue weighted by molar-refractivity contribution is 9.10. The SMILES string of the molecule is O=C(O)/C=C/c1cc(Br)c(-c2cccc(C(F)(F)F)c2)o1. The van der Waals surface area contributed by atoms with Crippen LogP contribution in [0.5, 0.6) is 0 Å². The van der Waals surface area contributed by atoms with Crippen LogP contribution in [0.1, 0.15) is 11.3 Å². The van der Waals surface area contributed by atoms with E-state index in [9.17, 15) is 18.0 Å². The van der Waals surface area contributed by atoms with Crippen LogP contribution in [0.4, 0.5) is 13.2 Å². The van der Waals surface area contributed by atoms with Crippen LogP contribution in [-0.2, 0) is 11.0 Å². The number of hydrogen-bond acceptors (Lipinski definition) is 2. The summed E-state index contributed by atoms with van der Waals surface area (Å²) >= 11 is 3.18. The van der Waals surface area contributed by atoms with Gasteiger partial charge in [-0.15, -0.1) is 0 Å². The van der Waals surface area contributed by atoms with Gasteiger partial charge in [0.05, 0.1) is 10.0 Å². The van der Waals surface area contributed by atoms with Crippen molar-refractivity contribution in [2.24, 2.45) is 0 Å². The van der Waals surface area contributed by atoms with Crippen molar-refractivity contribution in [3.63, 3.8) is 0 Å². The van der Waals surface area contributed by atoms with Gasteiger partial charge in [-0.2, -0.15) is 13.2 Å². The number of carboxylic acids is 1. The highest BCUT2D eigenvalue weighted by Crippen LogP contribution is 2.36. The fourth-order valence-corrected chi connectivity index (χ4v) is 2.19. The average Bonchev–Trinajstić information content (AvgIpc) is 2.77. The van der Waals surface area contributed by atoms with E-state index >= 15 is 0 Å². The zero-order chi connectivity index (χ0) is 15.6. The van der Waals surface area contributed by atoms with E-state index in [-0.39, 0.29) is 17.1 Å². The van der Waals surface area contributed by atoms with Gasteiger partial charge in [-0.25, -0.2) is 4.79 Å². The number of alkyl halides is 3. The maximum absolute atomic E-state index is 12.7. The molecule has 1 aromatic heterocycles. The second kappa shape index (κ2) is 5.77. The van der Waals surface area contributed by atoms with E-state index in [1.54, 1.807) is 0 Å². The topological polar surface area (TPSA) is 50.4 Å². The van der Waals surface area contributed by atoms with Crippen LogP contribution in [0.3, 0.4) is 0 Å². The van der Waals surface area contributed by atoms with Crippen molar-refractivity contribution >= 4 is 28.0 Å². The first kappa shape index (κ1) is 15.4. The minimum Gasteiger partial charge on any atom is -0.478 e. The molecule has 1 aromatic carbocycles. The molecule has 1 N–H and O–H groups in total. The summed E-state index contributed by atoms with van der Waals surface area (Å²) in [5.74, 6) is -0.731. The Morgan fingerprint density at radius 3 is 2.62 bits per heavy atom. The molecule has 110 valence electrons. The molecule has 1 heterocycles. The number of hydrogen-bond donors (Lipinski definition) is 1. The summed E-state index contributed by atoms with van der Waals surface area (Å²) in [6, 6.07) is 6.16. The number of carbonyl (C=O) groups is 1. The minimum absolute atomic E-state index is 0.200. The fraction of sp³-hybridized carbons (Fsp3) is 0.0714. The summed E-state index contributed by atoms with van der Waals surface area (Å²) in [7, 11) is 0. The predicted octanol–water partition coefficient (Wildman–Crippen LogP) is 4.83. The number of aliphatic carboxylic acids is 1. The molecule has 0 aliphatic carbocycles. The van der Waals surface area contributed by atoms with E-state index in [0.29, 0.717) is 4.47 Å². The third-order valence-corrected chi connectivity index (χ3v) is 3.14. The maximum Gasteiger partial charge on any atom is 0.416 e. The molecule has 0 aliphatic heterocycles. The Morgan fingerprint density at radius 2 is 2.00 bits per heavy atom. The van der Waals surface area contributed by atoms with Gasteiger partial charge < -0.3 is 9.52 Å². The lowest BCUT2D eigenvalue weighted by Gasteiger charge is -2.07. The smallest absolute Gasteiger partial charge is 0.416 e. The lowest BCUT2D eigenvalue weighted by molar-refractivity contribution is -0.137. The van der Waals surface area contributed by atoms with Gasteiger partial charge in [-0.3, -0.25) is 0 Å². The Hall–Kier alpha value is -2.02. The van der Waals surface area contributed by atoms with Crippen LogP contribution < -0.4 is 0 Å². The van der Waals surface area contributed by atoms with E-state index in [2.05, 4.69) is 15.9 Å². The van der Waals surface area contributed by atoms with Gasteiger partial charge in [-0.05, 0) is 40.2 Å². The molecule has 2 aromatic rings. The molecule has 0 radical (unpaired) electrons. The minimum atomic E-state index is -4.44. The third-order valence-electron chi connectivity index (χ3n) is 2.55. The second-order valence-electron chi connectivity index (χ2n) is 4.08. The van der Waals surface area contributed by atoms with Gasteiger partial charge in [0.25, 0.3) is 0 Å². The molecule has 0 amide bonds. The standard InChI is InChI=1S/C14H8BrF3O3/c15-11-7-10(4-5-12(19)20)21-13(11)8-2-1-3-9(6-8)14(16,17)18/h1-7H,(H,19,20)/b5-4+. The van der Waals surface area contributed by atoms with Crippen molar-refractivity contribution in [2.75, 3.05) is 0 Å². The Balaban J connectivity index is 2.41. The van der Waals surface area contributed by atoms with Crippen LogP contribution >= 0.6 is 15.9 Å². The van der Waals surface area contributed by atoms with Gasteiger partial charge >= 0.3 is 12.1 Å². The zero-order valence-corrected chi connectivity index (χ0v) is 11.9. The summed E-state index contributed by atoms with van der Waals surface area (Å²) < 4.78 is 43.8. The van der Waals surface area contributed by atoms with Crippen molar-refractivity contribution in [3.05, 3.63) is 52.2 Å². The van der Waals surface area contributed by atoms with E-state index < -0.39 is 17.7 Å². The molecule has 21 heavy (non-hydrogen) atoms. The number of benzene rings is 1. The van der Waals surface area contributed by atoms with Gasteiger partial charge in [0, 0.05) is 11.6 Å². The molecule has 0 fully saturated rings. The first-order chi connectivity index (χ1) is 9.77. The van der Waals surface area contributed by atoms with Crippen LogP contribution in [-0.4, -0.2) is 11.1 Å². The average molecular weight is 361 g/mol. The Morgan fingerprint density at radius 1 is 1.29 bits per heavy atom. The number of carboxylic acid groups (broad SMARTS) is 1. The Labute approximate surface area is 125 Å². The summed E-state index contributed by atoms with van der Waals surface area (Å²) in [6.45, 7) is 0. The van der Waals surface area contributed by atoms with E-state index in [1.165, 1.54) is 24.3 Å². The molecule has 0 spiro atoms. The van der Waals surface area contributed by atoms with Crippen LogP contribution in [0.15, 0.2) is 45.3 Å². The fourth-order valence-electron chi connectivity index (χ4n) is 1.66.